The van der Waals surface area contributed by atoms with Gasteiger partial charge in [-0.1, -0.05) is 6.07 Å². The van der Waals surface area contributed by atoms with E-state index >= 15 is 0 Å². The topological polar surface area (TPSA) is 37.0 Å². The van der Waals surface area contributed by atoms with Crippen molar-refractivity contribution in [2.75, 3.05) is 20.2 Å². The molecule has 0 spiro atoms. The van der Waals surface area contributed by atoms with Crippen molar-refractivity contribution in [3.63, 3.8) is 0 Å². The molecule has 1 saturated heterocycles. The highest BCUT2D eigenvalue weighted by Gasteiger charge is 2.17. The summed E-state index contributed by atoms with van der Waals surface area (Å²) in [4.78, 5) is 3.40. The maximum absolute atomic E-state index is 5.44. The van der Waals surface area contributed by atoms with E-state index in [0.29, 0.717) is 0 Å². The van der Waals surface area contributed by atoms with E-state index < -0.39 is 0 Å². The molecule has 0 unspecified atom stereocenters. The minimum absolute atomic E-state index is 0.811. The summed E-state index contributed by atoms with van der Waals surface area (Å²) in [6.07, 6.45) is 5.92. The smallest absolute Gasteiger partial charge is 0.142 e. The van der Waals surface area contributed by atoms with Crippen LogP contribution in [0.4, 0.5) is 0 Å². The van der Waals surface area contributed by atoms with Crippen molar-refractivity contribution in [1.29, 1.82) is 0 Å². The number of rotatable bonds is 3. The van der Waals surface area contributed by atoms with Crippen LogP contribution in [0.2, 0.25) is 0 Å². The molecular weight excluding hydrogens is 236 g/mol. The second-order valence-electron chi connectivity index (χ2n) is 5.55. The average Bonchev–Trinajstić information content (AvgIpc) is 2.85. The van der Waals surface area contributed by atoms with Gasteiger partial charge in [0.05, 0.1) is 12.6 Å². The Balaban J connectivity index is 1.95. The number of aromatic nitrogens is 1. The highest BCUT2D eigenvalue weighted by atomic mass is 16.5. The summed E-state index contributed by atoms with van der Waals surface area (Å²) in [5.41, 5.74) is 3.92. The molecule has 0 bridgehead atoms. The van der Waals surface area contributed by atoms with Gasteiger partial charge in [-0.05, 0) is 62.4 Å². The van der Waals surface area contributed by atoms with E-state index in [1.54, 1.807) is 7.11 Å². The first-order chi connectivity index (χ1) is 9.29. The van der Waals surface area contributed by atoms with Crippen molar-refractivity contribution in [1.82, 2.24) is 10.3 Å². The molecule has 19 heavy (non-hydrogen) atoms. The average molecular weight is 258 g/mol. The van der Waals surface area contributed by atoms with Gasteiger partial charge in [-0.25, -0.2) is 0 Å². The molecule has 102 valence electrons. The van der Waals surface area contributed by atoms with E-state index in [-0.39, 0.29) is 0 Å². The molecule has 0 aliphatic carbocycles. The Morgan fingerprint density at radius 1 is 1.26 bits per heavy atom. The lowest BCUT2D eigenvalue weighted by molar-refractivity contribution is 0.373. The summed E-state index contributed by atoms with van der Waals surface area (Å²) in [6, 6.07) is 4.20. The Morgan fingerprint density at radius 3 is 2.79 bits per heavy atom. The van der Waals surface area contributed by atoms with Crippen LogP contribution in [0.25, 0.3) is 10.9 Å². The number of aromatic amines is 1. The number of H-pyrrole nitrogens is 1. The predicted octanol–water partition coefficient (Wildman–Crippen LogP) is 3.03. The van der Waals surface area contributed by atoms with E-state index in [1.165, 1.54) is 35.8 Å². The van der Waals surface area contributed by atoms with Crippen LogP contribution in [0.1, 0.15) is 24.0 Å². The van der Waals surface area contributed by atoms with Crippen molar-refractivity contribution in [2.24, 2.45) is 5.92 Å². The number of piperidine rings is 1. The molecule has 3 heteroatoms. The lowest BCUT2D eigenvalue weighted by atomic mass is 9.90. The van der Waals surface area contributed by atoms with Crippen LogP contribution in [0.3, 0.4) is 0 Å². The summed E-state index contributed by atoms with van der Waals surface area (Å²) < 4.78 is 5.44. The highest BCUT2D eigenvalue weighted by molar-refractivity contribution is 5.91. The number of ether oxygens (including phenoxy) is 1. The number of methoxy groups -OCH3 is 1. The monoisotopic (exact) mass is 258 g/mol. The lowest BCUT2D eigenvalue weighted by Crippen LogP contribution is -2.28. The maximum Gasteiger partial charge on any atom is 0.142 e. The van der Waals surface area contributed by atoms with E-state index in [2.05, 4.69) is 29.5 Å². The molecule has 1 aliphatic heterocycles. The van der Waals surface area contributed by atoms with E-state index in [9.17, 15) is 0 Å². The number of fused-ring (bicyclic) bond motifs is 1. The maximum atomic E-state index is 5.44. The van der Waals surface area contributed by atoms with Crippen LogP contribution in [0.15, 0.2) is 18.3 Å². The van der Waals surface area contributed by atoms with Gasteiger partial charge in [0, 0.05) is 11.6 Å². The van der Waals surface area contributed by atoms with Crippen LogP contribution in [-0.4, -0.2) is 25.2 Å². The quantitative estimate of drug-likeness (QED) is 0.888. The molecule has 2 N–H and O–H groups in total. The van der Waals surface area contributed by atoms with Crippen molar-refractivity contribution in [2.45, 2.75) is 26.2 Å². The van der Waals surface area contributed by atoms with Crippen LogP contribution in [0, 0.1) is 12.8 Å². The SMILES string of the molecule is COc1ccc(C)c2c(CC3CCNCC3)c[nH]c12. The largest absolute Gasteiger partial charge is 0.495 e. The summed E-state index contributed by atoms with van der Waals surface area (Å²) in [5.74, 6) is 1.75. The Bertz CT molecular complexity index is 567. The van der Waals surface area contributed by atoms with Gasteiger partial charge < -0.3 is 15.0 Å². The Morgan fingerprint density at radius 2 is 2.05 bits per heavy atom. The predicted molar refractivity (Wildman–Crippen MR) is 78.9 cm³/mol. The molecule has 2 heterocycles. The number of hydrogen-bond acceptors (Lipinski definition) is 2. The fourth-order valence-corrected chi connectivity index (χ4v) is 3.20. The van der Waals surface area contributed by atoms with Crippen molar-refractivity contribution < 1.29 is 4.74 Å². The van der Waals surface area contributed by atoms with Crippen LogP contribution in [0.5, 0.6) is 5.75 Å². The Hall–Kier alpha value is -1.48. The van der Waals surface area contributed by atoms with E-state index in [4.69, 9.17) is 4.74 Å². The van der Waals surface area contributed by atoms with Crippen molar-refractivity contribution in [3.8, 4) is 5.75 Å². The summed E-state index contributed by atoms with van der Waals surface area (Å²) in [5, 5.41) is 4.79. The molecule has 1 fully saturated rings. The summed E-state index contributed by atoms with van der Waals surface area (Å²) in [7, 11) is 1.73. The zero-order valence-electron chi connectivity index (χ0n) is 11.8. The third-order valence-electron chi connectivity index (χ3n) is 4.27. The van der Waals surface area contributed by atoms with Gasteiger partial charge in [0.1, 0.15) is 5.75 Å². The summed E-state index contributed by atoms with van der Waals surface area (Å²) >= 11 is 0. The summed E-state index contributed by atoms with van der Waals surface area (Å²) in [6.45, 7) is 4.51. The molecule has 0 saturated carbocycles. The van der Waals surface area contributed by atoms with Gasteiger partial charge in [-0.3, -0.25) is 0 Å². The third-order valence-corrected chi connectivity index (χ3v) is 4.27. The molecular formula is C16H22N2O. The molecule has 1 aromatic carbocycles. The molecule has 2 aromatic rings. The van der Waals surface area contributed by atoms with Crippen LogP contribution >= 0.6 is 0 Å². The number of aryl methyl sites for hydroxylation is 1. The minimum Gasteiger partial charge on any atom is -0.495 e. The van der Waals surface area contributed by atoms with Gasteiger partial charge in [-0.15, -0.1) is 0 Å². The van der Waals surface area contributed by atoms with E-state index in [1.807, 2.05) is 6.07 Å². The van der Waals surface area contributed by atoms with Crippen molar-refractivity contribution in [3.05, 3.63) is 29.5 Å². The first-order valence-corrected chi connectivity index (χ1v) is 7.14. The zero-order chi connectivity index (χ0) is 13.2. The van der Waals surface area contributed by atoms with Gasteiger partial charge in [0.15, 0.2) is 0 Å². The van der Waals surface area contributed by atoms with Gasteiger partial charge in [0.25, 0.3) is 0 Å². The fourth-order valence-electron chi connectivity index (χ4n) is 3.20. The van der Waals surface area contributed by atoms with Gasteiger partial charge >= 0.3 is 0 Å². The number of nitrogens with one attached hydrogen (secondary N) is 2. The zero-order valence-corrected chi connectivity index (χ0v) is 11.8. The molecule has 3 nitrogen and oxygen atoms in total. The van der Waals surface area contributed by atoms with Crippen LogP contribution in [-0.2, 0) is 6.42 Å². The first-order valence-electron chi connectivity index (χ1n) is 7.14. The number of hydrogen-bond donors (Lipinski definition) is 2. The first kappa shape index (κ1) is 12.5. The second kappa shape index (κ2) is 5.25. The minimum atomic E-state index is 0.811. The Kier molecular flexibility index (Phi) is 3.47. The third kappa shape index (κ3) is 2.35. The van der Waals surface area contributed by atoms with Gasteiger partial charge in [-0.2, -0.15) is 0 Å². The molecule has 0 amide bonds. The highest BCUT2D eigenvalue weighted by Crippen LogP contribution is 2.32. The fraction of sp³-hybridized carbons (Fsp3) is 0.500. The van der Waals surface area contributed by atoms with Crippen molar-refractivity contribution >= 4 is 10.9 Å². The van der Waals surface area contributed by atoms with Crippen LogP contribution < -0.4 is 10.1 Å². The normalized spacial score (nSPS) is 16.9. The van der Waals surface area contributed by atoms with Gasteiger partial charge in [0.2, 0.25) is 0 Å². The molecule has 0 atom stereocenters. The standard InChI is InChI=1S/C16H22N2O/c1-11-3-4-14(19-2)16-15(11)13(10-18-16)9-12-5-7-17-8-6-12/h3-4,10,12,17-18H,5-9H2,1-2H3. The number of benzene rings is 1. The van der Waals surface area contributed by atoms with E-state index in [0.717, 1.165) is 30.3 Å². The molecule has 3 rings (SSSR count). The lowest BCUT2D eigenvalue weighted by Gasteiger charge is -2.22. The Labute approximate surface area is 114 Å². The molecule has 0 radical (unpaired) electrons. The second-order valence-corrected chi connectivity index (χ2v) is 5.55. The molecule has 1 aliphatic rings. The molecule has 1 aromatic heterocycles.